The highest BCUT2D eigenvalue weighted by Crippen LogP contribution is 2.19. The van der Waals surface area contributed by atoms with Gasteiger partial charge < -0.3 is 10.0 Å². The molecule has 0 aliphatic carbocycles. The van der Waals surface area contributed by atoms with Gasteiger partial charge >= 0.3 is 0 Å². The SMILES string of the molecule is CN(Cc1cccc(O)c1)C(=O)c1nc(S(C)(=O)=O)n2ccccc12. The summed E-state index contributed by atoms with van der Waals surface area (Å²) in [5.74, 6) is -0.285. The van der Waals surface area contributed by atoms with Gasteiger partial charge in [-0.2, -0.15) is 0 Å². The highest BCUT2D eigenvalue weighted by Gasteiger charge is 2.24. The number of carbonyl (C=O) groups excluding carboxylic acids is 1. The molecule has 3 aromatic rings. The lowest BCUT2D eigenvalue weighted by Crippen LogP contribution is -2.26. The number of hydrogen-bond acceptors (Lipinski definition) is 5. The zero-order valence-corrected chi connectivity index (χ0v) is 14.6. The monoisotopic (exact) mass is 359 g/mol. The van der Waals surface area contributed by atoms with E-state index in [2.05, 4.69) is 4.98 Å². The number of imidazole rings is 1. The van der Waals surface area contributed by atoms with Crippen LogP contribution in [0.2, 0.25) is 0 Å². The van der Waals surface area contributed by atoms with Gasteiger partial charge in [0, 0.05) is 26.0 Å². The topological polar surface area (TPSA) is 92.0 Å². The molecule has 0 unspecified atom stereocenters. The third-order valence-corrected chi connectivity index (χ3v) is 4.68. The number of fused-ring (bicyclic) bond motifs is 1. The molecule has 0 saturated heterocycles. The number of sulfone groups is 1. The number of aromatic nitrogens is 2. The lowest BCUT2D eigenvalue weighted by molar-refractivity contribution is 0.0781. The second kappa shape index (κ2) is 6.21. The summed E-state index contributed by atoms with van der Waals surface area (Å²) >= 11 is 0. The molecule has 8 heteroatoms. The molecular weight excluding hydrogens is 342 g/mol. The molecular formula is C17H17N3O4S. The number of amides is 1. The molecule has 7 nitrogen and oxygen atoms in total. The van der Waals surface area contributed by atoms with E-state index in [1.165, 1.54) is 9.30 Å². The van der Waals surface area contributed by atoms with E-state index in [1.807, 2.05) is 0 Å². The van der Waals surface area contributed by atoms with Crippen molar-refractivity contribution in [3.8, 4) is 5.75 Å². The fraction of sp³-hybridized carbons (Fsp3) is 0.176. The van der Waals surface area contributed by atoms with Gasteiger partial charge in [-0.1, -0.05) is 18.2 Å². The van der Waals surface area contributed by atoms with Crippen LogP contribution in [0, 0.1) is 0 Å². The van der Waals surface area contributed by atoms with Crippen LogP contribution in [0.4, 0.5) is 0 Å². The molecule has 1 aromatic carbocycles. The molecule has 0 saturated carbocycles. The Labute approximate surface area is 145 Å². The van der Waals surface area contributed by atoms with Crippen LogP contribution < -0.4 is 0 Å². The van der Waals surface area contributed by atoms with Crippen LogP contribution in [0.3, 0.4) is 0 Å². The predicted octanol–water partition coefficient (Wildman–Crippen LogP) is 1.72. The molecule has 25 heavy (non-hydrogen) atoms. The lowest BCUT2D eigenvalue weighted by Gasteiger charge is -2.16. The highest BCUT2D eigenvalue weighted by atomic mass is 32.2. The number of nitrogens with zero attached hydrogens (tertiary/aromatic N) is 3. The van der Waals surface area contributed by atoms with Gasteiger partial charge in [0.2, 0.25) is 15.0 Å². The van der Waals surface area contributed by atoms with E-state index in [-0.39, 0.29) is 23.1 Å². The van der Waals surface area contributed by atoms with Crippen LogP contribution in [-0.4, -0.2) is 47.0 Å². The maximum absolute atomic E-state index is 12.8. The van der Waals surface area contributed by atoms with Crippen molar-refractivity contribution in [3.05, 3.63) is 59.9 Å². The van der Waals surface area contributed by atoms with Crippen molar-refractivity contribution in [1.29, 1.82) is 0 Å². The Balaban J connectivity index is 2.00. The molecule has 1 N–H and O–H groups in total. The van der Waals surface area contributed by atoms with Crippen molar-refractivity contribution in [1.82, 2.24) is 14.3 Å². The smallest absolute Gasteiger partial charge is 0.274 e. The van der Waals surface area contributed by atoms with Gasteiger partial charge in [0.1, 0.15) is 5.75 Å². The summed E-state index contributed by atoms with van der Waals surface area (Å²) in [6.45, 7) is 0.257. The minimum absolute atomic E-state index is 0.0729. The molecule has 1 amide bonds. The molecule has 2 aromatic heterocycles. The van der Waals surface area contributed by atoms with Crippen LogP contribution in [0.5, 0.6) is 5.75 Å². The van der Waals surface area contributed by atoms with Gasteiger partial charge in [-0.3, -0.25) is 9.20 Å². The zero-order valence-electron chi connectivity index (χ0n) is 13.7. The van der Waals surface area contributed by atoms with Crippen molar-refractivity contribution in [2.24, 2.45) is 0 Å². The summed E-state index contributed by atoms with van der Waals surface area (Å²) < 4.78 is 25.3. The quantitative estimate of drug-likeness (QED) is 0.766. The Morgan fingerprint density at radius 2 is 2.00 bits per heavy atom. The zero-order chi connectivity index (χ0) is 18.2. The van der Waals surface area contributed by atoms with E-state index in [9.17, 15) is 18.3 Å². The summed E-state index contributed by atoms with van der Waals surface area (Å²) in [6.07, 6.45) is 2.62. The van der Waals surface area contributed by atoms with E-state index in [0.717, 1.165) is 11.8 Å². The first-order valence-corrected chi connectivity index (χ1v) is 9.37. The van der Waals surface area contributed by atoms with Crippen molar-refractivity contribution in [3.63, 3.8) is 0 Å². The number of rotatable bonds is 4. The summed E-state index contributed by atoms with van der Waals surface area (Å²) in [5.41, 5.74) is 1.25. The van der Waals surface area contributed by atoms with Crippen molar-refractivity contribution >= 4 is 21.3 Å². The molecule has 0 aliphatic rings. The average molecular weight is 359 g/mol. The highest BCUT2D eigenvalue weighted by molar-refractivity contribution is 7.90. The van der Waals surface area contributed by atoms with E-state index >= 15 is 0 Å². The third kappa shape index (κ3) is 3.34. The number of aromatic hydroxyl groups is 1. The van der Waals surface area contributed by atoms with Gasteiger partial charge in [0.25, 0.3) is 5.91 Å². The minimum Gasteiger partial charge on any atom is -0.508 e. The van der Waals surface area contributed by atoms with Gasteiger partial charge in [-0.25, -0.2) is 13.4 Å². The fourth-order valence-corrected chi connectivity index (χ4v) is 3.38. The Morgan fingerprint density at radius 1 is 1.24 bits per heavy atom. The van der Waals surface area contributed by atoms with Gasteiger partial charge in [-0.05, 0) is 29.8 Å². The van der Waals surface area contributed by atoms with E-state index in [0.29, 0.717) is 5.52 Å². The maximum atomic E-state index is 12.8. The Bertz CT molecular complexity index is 1060. The standard InChI is InChI=1S/C17H17N3O4S/c1-19(11-12-6-5-7-13(21)10-12)16(22)15-14-8-3-4-9-20(14)17(18-15)25(2,23)24/h3-10,21H,11H2,1-2H3. The number of benzene rings is 1. The summed E-state index contributed by atoms with van der Waals surface area (Å²) in [6, 6.07) is 11.6. The van der Waals surface area contributed by atoms with Gasteiger partial charge in [0.15, 0.2) is 5.69 Å². The minimum atomic E-state index is -3.58. The Kier molecular flexibility index (Phi) is 4.22. The van der Waals surface area contributed by atoms with Crippen LogP contribution in [0.25, 0.3) is 5.52 Å². The fourth-order valence-electron chi connectivity index (χ4n) is 2.61. The average Bonchev–Trinajstić information content (AvgIpc) is 2.94. The number of phenolic OH excluding ortho intramolecular Hbond substituents is 1. The van der Waals surface area contributed by atoms with Crippen LogP contribution in [0.15, 0.2) is 53.8 Å². The molecule has 0 spiro atoms. The maximum Gasteiger partial charge on any atom is 0.274 e. The first-order chi connectivity index (χ1) is 11.8. The molecule has 0 bridgehead atoms. The second-order valence-corrected chi connectivity index (χ2v) is 7.71. The second-order valence-electron chi connectivity index (χ2n) is 5.80. The number of hydrogen-bond donors (Lipinski definition) is 1. The van der Waals surface area contributed by atoms with Gasteiger partial charge in [0.05, 0.1) is 5.52 Å². The summed E-state index contributed by atoms with van der Waals surface area (Å²) in [7, 11) is -1.99. The Morgan fingerprint density at radius 3 is 2.68 bits per heavy atom. The van der Waals surface area contributed by atoms with Crippen molar-refractivity contribution in [2.75, 3.05) is 13.3 Å². The molecule has 2 heterocycles. The van der Waals surface area contributed by atoms with Crippen LogP contribution in [0.1, 0.15) is 16.1 Å². The van der Waals surface area contributed by atoms with Gasteiger partial charge in [-0.15, -0.1) is 0 Å². The predicted molar refractivity (Wildman–Crippen MR) is 92.2 cm³/mol. The molecule has 0 atom stereocenters. The molecule has 3 rings (SSSR count). The molecule has 130 valence electrons. The largest absolute Gasteiger partial charge is 0.508 e. The third-order valence-electron chi connectivity index (χ3n) is 3.73. The molecule has 0 fully saturated rings. The number of phenols is 1. The molecule has 0 aliphatic heterocycles. The van der Waals surface area contributed by atoms with Crippen molar-refractivity contribution < 1.29 is 18.3 Å². The summed E-state index contributed by atoms with van der Waals surface area (Å²) in [4.78, 5) is 18.3. The first kappa shape index (κ1) is 17.0. The van der Waals surface area contributed by atoms with E-state index in [1.54, 1.807) is 55.7 Å². The Hall–Kier alpha value is -2.87. The molecule has 0 radical (unpaired) electrons. The van der Waals surface area contributed by atoms with E-state index in [4.69, 9.17) is 0 Å². The van der Waals surface area contributed by atoms with Crippen molar-refractivity contribution in [2.45, 2.75) is 11.7 Å². The number of carbonyl (C=O) groups is 1. The van der Waals surface area contributed by atoms with Crippen LogP contribution in [-0.2, 0) is 16.4 Å². The number of pyridine rings is 1. The normalized spacial score (nSPS) is 11.6. The first-order valence-electron chi connectivity index (χ1n) is 7.48. The van der Waals surface area contributed by atoms with E-state index < -0.39 is 15.7 Å². The summed E-state index contributed by atoms with van der Waals surface area (Å²) in [5, 5.41) is 9.36. The lowest BCUT2D eigenvalue weighted by atomic mass is 10.2. The van der Waals surface area contributed by atoms with Crippen LogP contribution >= 0.6 is 0 Å².